The lowest BCUT2D eigenvalue weighted by molar-refractivity contribution is 0.471. The van der Waals surface area contributed by atoms with Crippen molar-refractivity contribution in [2.75, 3.05) is 5.73 Å². The van der Waals surface area contributed by atoms with E-state index in [2.05, 4.69) is 32.9 Å². The molecule has 1 aromatic rings. The molecule has 0 amide bonds. The van der Waals surface area contributed by atoms with Crippen molar-refractivity contribution in [3.05, 3.63) is 29.8 Å². The summed E-state index contributed by atoms with van der Waals surface area (Å²) in [6.07, 6.45) is 2.51. The van der Waals surface area contributed by atoms with E-state index in [9.17, 15) is 0 Å². The van der Waals surface area contributed by atoms with E-state index in [-0.39, 0.29) is 0 Å². The van der Waals surface area contributed by atoms with Gasteiger partial charge in [-0.25, -0.2) is 0 Å². The number of benzene rings is 1. The predicted molar refractivity (Wildman–Crippen MR) is 63.3 cm³/mol. The van der Waals surface area contributed by atoms with E-state index in [1.54, 1.807) is 0 Å². The zero-order valence-corrected chi connectivity index (χ0v) is 9.46. The maximum absolute atomic E-state index is 5.76. The molecule has 0 saturated heterocycles. The van der Waals surface area contributed by atoms with Gasteiger partial charge in [0.2, 0.25) is 0 Å². The zero-order valence-electron chi connectivity index (χ0n) is 9.46. The van der Waals surface area contributed by atoms with Gasteiger partial charge in [0.25, 0.3) is 0 Å². The monoisotopic (exact) mass is 191 g/mol. The molecule has 1 aromatic carbocycles. The molecule has 2 atom stereocenters. The van der Waals surface area contributed by atoms with Gasteiger partial charge in [-0.05, 0) is 36.0 Å². The zero-order chi connectivity index (χ0) is 10.6. The summed E-state index contributed by atoms with van der Waals surface area (Å²) in [5.41, 5.74) is 8.00. The predicted octanol–water partition coefficient (Wildman–Crippen LogP) is 3.81. The largest absolute Gasteiger partial charge is 0.399 e. The average Bonchev–Trinajstić information content (AvgIpc) is 2.17. The molecule has 14 heavy (non-hydrogen) atoms. The molecule has 0 aliphatic rings. The Morgan fingerprint density at radius 1 is 1.29 bits per heavy atom. The molecule has 0 aliphatic heterocycles. The van der Waals surface area contributed by atoms with E-state index in [1.165, 1.54) is 18.4 Å². The molecule has 0 saturated carbocycles. The Kier molecular flexibility index (Phi) is 3.99. The smallest absolute Gasteiger partial charge is 0.0316 e. The lowest BCUT2D eigenvalue weighted by Crippen LogP contribution is -2.01. The van der Waals surface area contributed by atoms with Crippen LogP contribution in [0.3, 0.4) is 0 Å². The highest BCUT2D eigenvalue weighted by atomic mass is 14.5. The van der Waals surface area contributed by atoms with Crippen LogP contribution in [0.15, 0.2) is 24.3 Å². The van der Waals surface area contributed by atoms with Crippen LogP contribution in [0.2, 0.25) is 0 Å². The Morgan fingerprint density at radius 2 is 2.00 bits per heavy atom. The van der Waals surface area contributed by atoms with Crippen LogP contribution in [0.25, 0.3) is 0 Å². The van der Waals surface area contributed by atoms with Gasteiger partial charge in [0.1, 0.15) is 0 Å². The topological polar surface area (TPSA) is 26.0 Å². The van der Waals surface area contributed by atoms with E-state index >= 15 is 0 Å². The third kappa shape index (κ3) is 3.06. The molecule has 2 unspecified atom stereocenters. The van der Waals surface area contributed by atoms with Crippen molar-refractivity contribution in [2.24, 2.45) is 5.92 Å². The molecule has 0 aromatic heterocycles. The first kappa shape index (κ1) is 11.1. The second-order valence-corrected chi connectivity index (χ2v) is 4.32. The van der Waals surface area contributed by atoms with Crippen LogP contribution in [0, 0.1) is 5.92 Å². The van der Waals surface area contributed by atoms with Crippen LogP contribution in [-0.4, -0.2) is 0 Å². The first-order valence-corrected chi connectivity index (χ1v) is 5.49. The van der Waals surface area contributed by atoms with Crippen molar-refractivity contribution in [2.45, 2.75) is 39.5 Å². The van der Waals surface area contributed by atoms with Crippen LogP contribution in [0.4, 0.5) is 5.69 Å². The number of nitrogen functional groups attached to an aromatic ring is 1. The summed E-state index contributed by atoms with van der Waals surface area (Å²) < 4.78 is 0. The van der Waals surface area contributed by atoms with Crippen LogP contribution in [0.1, 0.15) is 45.1 Å². The van der Waals surface area contributed by atoms with Gasteiger partial charge in [-0.15, -0.1) is 0 Å². The van der Waals surface area contributed by atoms with E-state index in [1.807, 2.05) is 12.1 Å². The highest BCUT2D eigenvalue weighted by Gasteiger charge is 2.09. The minimum Gasteiger partial charge on any atom is -0.399 e. The molecule has 0 radical (unpaired) electrons. The third-order valence-corrected chi connectivity index (χ3v) is 2.93. The fourth-order valence-corrected chi connectivity index (χ4v) is 1.77. The minimum absolute atomic E-state index is 0.619. The second kappa shape index (κ2) is 5.04. The van der Waals surface area contributed by atoms with E-state index in [4.69, 9.17) is 5.73 Å². The van der Waals surface area contributed by atoms with Gasteiger partial charge in [-0.1, -0.05) is 39.3 Å². The van der Waals surface area contributed by atoms with Crippen molar-refractivity contribution in [3.63, 3.8) is 0 Å². The fraction of sp³-hybridized carbons (Fsp3) is 0.538. The molecule has 1 nitrogen and oxygen atoms in total. The Morgan fingerprint density at radius 3 is 2.57 bits per heavy atom. The van der Waals surface area contributed by atoms with Gasteiger partial charge < -0.3 is 5.73 Å². The Balaban J connectivity index is 2.64. The van der Waals surface area contributed by atoms with Gasteiger partial charge in [-0.2, -0.15) is 0 Å². The summed E-state index contributed by atoms with van der Waals surface area (Å²) in [7, 11) is 0. The maximum atomic E-state index is 5.76. The molecule has 0 aliphatic carbocycles. The first-order chi connectivity index (χ1) is 6.63. The number of hydrogen-bond acceptors (Lipinski definition) is 1. The Labute approximate surface area is 87.3 Å². The molecule has 1 heteroatoms. The van der Waals surface area contributed by atoms with E-state index in [0.717, 1.165) is 11.6 Å². The number of rotatable bonds is 4. The number of nitrogens with two attached hydrogens (primary N) is 1. The first-order valence-electron chi connectivity index (χ1n) is 5.49. The molecular weight excluding hydrogens is 170 g/mol. The van der Waals surface area contributed by atoms with Crippen molar-refractivity contribution >= 4 is 5.69 Å². The molecule has 0 spiro atoms. The molecule has 0 fully saturated rings. The minimum atomic E-state index is 0.619. The number of hydrogen-bond donors (Lipinski definition) is 1. The summed E-state index contributed by atoms with van der Waals surface area (Å²) >= 11 is 0. The van der Waals surface area contributed by atoms with Crippen LogP contribution >= 0.6 is 0 Å². The van der Waals surface area contributed by atoms with Crippen LogP contribution < -0.4 is 5.73 Å². The summed E-state index contributed by atoms with van der Waals surface area (Å²) in [5.74, 6) is 1.42. The SMILES string of the molecule is CCC(C)CC(C)c1cccc(N)c1. The van der Waals surface area contributed by atoms with Gasteiger partial charge in [-0.3, -0.25) is 0 Å². The number of anilines is 1. The van der Waals surface area contributed by atoms with Gasteiger partial charge >= 0.3 is 0 Å². The highest BCUT2D eigenvalue weighted by molar-refractivity contribution is 5.41. The molecule has 1 rings (SSSR count). The Hall–Kier alpha value is -0.980. The second-order valence-electron chi connectivity index (χ2n) is 4.32. The van der Waals surface area contributed by atoms with Crippen LogP contribution in [-0.2, 0) is 0 Å². The summed E-state index contributed by atoms with van der Waals surface area (Å²) in [5, 5.41) is 0. The lowest BCUT2D eigenvalue weighted by atomic mass is 9.90. The molecule has 0 heterocycles. The van der Waals surface area contributed by atoms with Crippen molar-refractivity contribution in [1.29, 1.82) is 0 Å². The van der Waals surface area contributed by atoms with E-state index < -0.39 is 0 Å². The van der Waals surface area contributed by atoms with Crippen molar-refractivity contribution in [1.82, 2.24) is 0 Å². The van der Waals surface area contributed by atoms with Crippen molar-refractivity contribution < 1.29 is 0 Å². The van der Waals surface area contributed by atoms with Gasteiger partial charge in [0, 0.05) is 5.69 Å². The molecule has 2 N–H and O–H groups in total. The standard InChI is InChI=1S/C13H21N/c1-4-10(2)8-11(3)12-6-5-7-13(14)9-12/h5-7,9-11H,4,8,14H2,1-3H3. The normalized spacial score (nSPS) is 15.1. The highest BCUT2D eigenvalue weighted by Crippen LogP contribution is 2.25. The summed E-state index contributed by atoms with van der Waals surface area (Å²) in [6.45, 7) is 6.83. The summed E-state index contributed by atoms with van der Waals surface area (Å²) in [6, 6.07) is 8.24. The quantitative estimate of drug-likeness (QED) is 0.719. The van der Waals surface area contributed by atoms with Crippen LogP contribution in [0.5, 0.6) is 0 Å². The maximum Gasteiger partial charge on any atom is 0.0316 e. The molecule has 0 bridgehead atoms. The lowest BCUT2D eigenvalue weighted by Gasteiger charge is -2.16. The van der Waals surface area contributed by atoms with Gasteiger partial charge in [0.05, 0.1) is 0 Å². The third-order valence-electron chi connectivity index (χ3n) is 2.93. The van der Waals surface area contributed by atoms with Gasteiger partial charge in [0.15, 0.2) is 0 Å². The Bertz CT molecular complexity index is 280. The molecular formula is C13H21N. The van der Waals surface area contributed by atoms with E-state index in [0.29, 0.717) is 5.92 Å². The molecule has 78 valence electrons. The fourth-order valence-electron chi connectivity index (χ4n) is 1.77. The average molecular weight is 191 g/mol. The van der Waals surface area contributed by atoms with Crippen molar-refractivity contribution in [3.8, 4) is 0 Å². The summed E-state index contributed by atoms with van der Waals surface area (Å²) in [4.78, 5) is 0.